The van der Waals surface area contributed by atoms with Crippen LogP contribution in [0.1, 0.15) is 270 Å². The van der Waals surface area contributed by atoms with Crippen LogP contribution >= 0.6 is 22.6 Å². The van der Waals surface area contributed by atoms with Crippen LogP contribution in [0.3, 0.4) is 0 Å². The Morgan fingerprint density at radius 3 is 1.13 bits per heavy atom. The number of nitrogens with zero attached hydrogens (tertiary/aromatic N) is 1. The van der Waals surface area contributed by atoms with E-state index in [9.17, 15) is 14.8 Å². The summed E-state index contributed by atoms with van der Waals surface area (Å²) in [7, 11) is 0. The number of alkyl halides is 1. The van der Waals surface area contributed by atoms with Crippen LogP contribution in [0, 0.1) is 10.8 Å². The van der Waals surface area contributed by atoms with Gasteiger partial charge < -0.3 is 5.11 Å². The fourth-order valence-electron chi connectivity index (χ4n) is 7.90. The van der Waals surface area contributed by atoms with E-state index in [1.54, 1.807) is 0 Å². The van der Waals surface area contributed by atoms with Crippen LogP contribution in [0.2, 0.25) is 0 Å². The third-order valence-corrected chi connectivity index (χ3v) is 13.4. The van der Waals surface area contributed by atoms with Crippen molar-refractivity contribution in [3.8, 4) is 0 Å². The predicted molar refractivity (Wildman–Crippen MR) is 248 cm³/mol. The Bertz CT molecular complexity index is 774. The van der Waals surface area contributed by atoms with Crippen LogP contribution in [0.15, 0.2) is 17.3 Å². The topological polar surface area (TPSA) is 66.7 Å². The lowest BCUT2D eigenvalue weighted by Gasteiger charge is -2.18. The monoisotopic (exact) mass is 872 g/mol. The lowest BCUT2D eigenvalue weighted by atomic mass is 9.96. The Morgan fingerprint density at radius 1 is 0.481 bits per heavy atom. The van der Waals surface area contributed by atoms with Crippen molar-refractivity contribution in [3.05, 3.63) is 17.1 Å². The number of halogens is 1. The van der Waals surface area contributed by atoms with Crippen LogP contribution in [0.4, 0.5) is 0 Å². The molecular formula is C49H94INO3. The van der Waals surface area contributed by atoms with Gasteiger partial charge in [-0.2, -0.15) is 4.91 Å². The van der Waals surface area contributed by atoms with Gasteiger partial charge in [0.15, 0.2) is 0 Å². The fourth-order valence-corrected chi connectivity index (χ4v) is 8.73. The van der Waals surface area contributed by atoms with E-state index in [-0.39, 0.29) is 16.4 Å². The van der Waals surface area contributed by atoms with Crippen LogP contribution in [0.25, 0.3) is 0 Å². The quantitative estimate of drug-likeness (QED) is 0.0218. The molecule has 0 spiro atoms. The minimum Gasteiger partial charge on any atom is -0.396 e. The van der Waals surface area contributed by atoms with Gasteiger partial charge in [-0.15, -0.1) is 0 Å². The molecule has 0 aromatic carbocycles. The summed E-state index contributed by atoms with van der Waals surface area (Å²) in [6.07, 6.45) is 58.7. The van der Waals surface area contributed by atoms with Crippen molar-refractivity contribution < 1.29 is 9.90 Å². The zero-order chi connectivity index (χ0) is 39.3. The van der Waals surface area contributed by atoms with E-state index in [0.717, 1.165) is 25.7 Å². The summed E-state index contributed by atoms with van der Waals surface area (Å²) < 4.78 is -0.0635. The average molecular weight is 872 g/mol. The number of rotatable bonds is 47. The third kappa shape index (κ3) is 41.3. The maximum atomic E-state index is 12.8. The minimum atomic E-state index is -0.0635. The number of carbonyl (C=O) groups is 1. The van der Waals surface area contributed by atoms with Gasteiger partial charge in [0.2, 0.25) is 0 Å². The van der Waals surface area contributed by atoms with Crippen molar-refractivity contribution in [1.82, 2.24) is 0 Å². The summed E-state index contributed by atoms with van der Waals surface area (Å²) in [6.45, 7) is 2.89. The smallest absolute Gasteiger partial charge is 0.146 e. The van der Waals surface area contributed by atoms with Crippen molar-refractivity contribution in [2.45, 2.75) is 274 Å². The minimum absolute atomic E-state index is 0.0594. The van der Waals surface area contributed by atoms with Gasteiger partial charge >= 0.3 is 0 Å². The standard InChI is InChI=1S/C49H94INO3/c1-2-3-4-5-6-7-8-9-25-28-31-34-37-40-43-47(46-52)49(50)48(53)44-41-38-35-32-29-26-23-21-19-17-15-13-11-10-12-14-16-18-20-22-24-27-30-33-36-39-42-45-51-54/h37,40,47,49,52H,2-36,38-39,41-46H2,1H3/b40-37+/t47-,49?/m1/s1. The van der Waals surface area contributed by atoms with Gasteiger partial charge in [-0.1, -0.05) is 272 Å². The summed E-state index contributed by atoms with van der Waals surface area (Å²) in [4.78, 5) is 22.9. The summed E-state index contributed by atoms with van der Waals surface area (Å²) in [5, 5.41) is 12.9. The molecule has 0 rings (SSSR count). The molecule has 0 bridgehead atoms. The number of hydrogen-bond acceptors (Lipinski definition) is 4. The average Bonchev–Trinajstić information content (AvgIpc) is 3.18. The van der Waals surface area contributed by atoms with E-state index in [4.69, 9.17) is 0 Å². The van der Waals surface area contributed by atoms with Crippen LogP contribution in [-0.4, -0.2) is 28.0 Å². The number of allylic oxidation sites excluding steroid dienone is 2. The van der Waals surface area contributed by atoms with E-state index >= 15 is 0 Å². The van der Waals surface area contributed by atoms with Crippen LogP contribution < -0.4 is 0 Å². The molecule has 1 unspecified atom stereocenters. The number of unbranched alkanes of at least 4 members (excludes halogenated alkanes) is 37. The van der Waals surface area contributed by atoms with E-state index < -0.39 is 0 Å². The third-order valence-electron chi connectivity index (χ3n) is 11.7. The van der Waals surface area contributed by atoms with Crippen molar-refractivity contribution in [2.75, 3.05) is 13.2 Å². The van der Waals surface area contributed by atoms with E-state index in [2.05, 4.69) is 46.8 Å². The van der Waals surface area contributed by atoms with Gasteiger partial charge in [-0.3, -0.25) is 4.79 Å². The molecule has 0 aliphatic rings. The molecule has 0 heterocycles. The second-order valence-electron chi connectivity index (χ2n) is 17.0. The van der Waals surface area contributed by atoms with Crippen LogP contribution in [0.5, 0.6) is 0 Å². The molecule has 320 valence electrons. The molecule has 2 atom stereocenters. The molecule has 0 saturated heterocycles. The first-order chi connectivity index (χ1) is 26.7. The Hall–Kier alpha value is -0.300. The first-order valence-corrected chi connectivity index (χ1v) is 25.6. The Balaban J connectivity index is 3.42. The van der Waals surface area contributed by atoms with Crippen molar-refractivity contribution in [1.29, 1.82) is 0 Å². The molecule has 1 N–H and O–H groups in total. The van der Waals surface area contributed by atoms with Crippen molar-refractivity contribution in [3.63, 3.8) is 0 Å². The second-order valence-corrected chi connectivity index (χ2v) is 18.3. The number of hydrogen-bond donors (Lipinski definition) is 1. The van der Waals surface area contributed by atoms with Gasteiger partial charge in [0.05, 0.1) is 10.5 Å². The van der Waals surface area contributed by atoms with Crippen LogP contribution in [-0.2, 0) is 4.79 Å². The molecule has 0 saturated carbocycles. The molecule has 0 fully saturated rings. The number of ketones is 1. The first kappa shape index (κ1) is 53.7. The largest absolute Gasteiger partial charge is 0.396 e. The molecule has 0 aliphatic heterocycles. The highest BCUT2D eigenvalue weighted by Gasteiger charge is 2.23. The van der Waals surface area contributed by atoms with E-state index in [1.807, 2.05) is 0 Å². The predicted octanol–water partition coefficient (Wildman–Crippen LogP) is 17.3. The fraction of sp³-hybridized carbons (Fsp3) is 0.939. The molecular weight excluding hydrogens is 777 g/mol. The highest BCUT2D eigenvalue weighted by Crippen LogP contribution is 2.23. The zero-order valence-electron chi connectivity index (χ0n) is 36.3. The molecule has 0 amide bonds. The molecule has 0 aromatic rings. The maximum absolute atomic E-state index is 12.8. The summed E-state index contributed by atoms with van der Waals surface area (Å²) in [6, 6.07) is 0. The van der Waals surface area contributed by atoms with Gasteiger partial charge in [0.1, 0.15) is 5.78 Å². The van der Waals surface area contributed by atoms with Gasteiger partial charge in [-0.25, -0.2) is 0 Å². The highest BCUT2D eigenvalue weighted by atomic mass is 127. The molecule has 0 aromatic heterocycles. The second kappa shape index (κ2) is 47.1. The highest BCUT2D eigenvalue weighted by molar-refractivity contribution is 14.1. The van der Waals surface area contributed by atoms with E-state index in [1.165, 1.54) is 231 Å². The van der Waals surface area contributed by atoms with Gasteiger partial charge in [0.25, 0.3) is 0 Å². The summed E-state index contributed by atoms with van der Waals surface area (Å²) in [5.41, 5.74) is 0. The maximum Gasteiger partial charge on any atom is 0.146 e. The Kier molecular flexibility index (Phi) is 46.8. The Labute approximate surface area is 351 Å². The van der Waals surface area contributed by atoms with Gasteiger partial charge in [-0.05, 0) is 32.1 Å². The molecule has 5 heteroatoms. The van der Waals surface area contributed by atoms with Crippen molar-refractivity contribution in [2.24, 2.45) is 11.1 Å². The first-order valence-electron chi connectivity index (χ1n) is 24.4. The number of nitroso groups, excluding NO2 is 1. The van der Waals surface area contributed by atoms with E-state index in [0.29, 0.717) is 18.7 Å². The molecule has 0 aliphatic carbocycles. The molecule has 0 radical (unpaired) electrons. The lowest BCUT2D eigenvalue weighted by molar-refractivity contribution is -0.119. The molecule has 4 nitrogen and oxygen atoms in total. The Morgan fingerprint density at radius 2 is 0.796 bits per heavy atom. The lowest BCUT2D eigenvalue weighted by Crippen LogP contribution is -2.26. The normalized spacial score (nSPS) is 12.9. The number of aliphatic hydroxyl groups is 1. The number of carbonyl (C=O) groups excluding carboxylic acids is 1. The number of Topliss-reactive ketones (excluding diaryl/α,β-unsaturated/α-hetero) is 1. The summed E-state index contributed by atoms with van der Waals surface area (Å²) >= 11 is 2.29. The van der Waals surface area contributed by atoms with Gasteiger partial charge in [0, 0.05) is 18.9 Å². The number of aliphatic hydroxyl groups excluding tert-OH is 1. The zero-order valence-corrected chi connectivity index (χ0v) is 38.5. The van der Waals surface area contributed by atoms with Crippen molar-refractivity contribution >= 4 is 28.4 Å². The SMILES string of the molecule is CCCCCCCCCCCCC/C=C/C[C@H](CO)C(I)C(=O)CCCCCCCCCCCCCCCCCCCCCCCCCCCCCN=O. The summed E-state index contributed by atoms with van der Waals surface area (Å²) in [5.74, 6) is 0.399. The molecule has 54 heavy (non-hydrogen) atoms.